The van der Waals surface area contributed by atoms with Crippen LogP contribution in [-0.2, 0) is 14.8 Å². The standard InChI is InChI=1S/C22H19F3N2O3S2/c23-22(24,25)15-26-32(29,30)19-13-11-17(12-14-19)27-21(28)20(16-7-3-1-4-8-16)31-18-9-5-2-6-10-18/h1-14,20,26H,15H2,(H,27,28). The molecule has 3 aromatic carbocycles. The molecule has 10 heteroatoms. The van der Waals surface area contributed by atoms with Gasteiger partial charge in [0.2, 0.25) is 15.9 Å². The van der Waals surface area contributed by atoms with E-state index in [1.807, 2.05) is 60.7 Å². The number of benzene rings is 3. The van der Waals surface area contributed by atoms with E-state index in [4.69, 9.17) is 0 Å². The largest absolute Gasteiger partial charge is 0.402 e. The molecule has 1 atom stereocenters. The number of alkyl halides is 3. The van der Waals surface area contributed by atoms with Crippen molar-refractivity contribution < 1.29 is 26.4 Å². The number of thioether (sulfide) groups is 1. The Hall–Kier alpha value is -2.82. The number of amides is 1. The van der Waals surface area contributed by atoms with E-state index in [2.05, 4.69) is 5.32 Å². The lowest BCUT2D eigenvalue weighted by atomic mass is 10.1. The Labute approximate surface area is 188 Å². The lowest BCUT2D eigenvalue weighted by Gasteiger charge is -2.17. The SMILES string of the molecule is O=C(Nc1ccc(S(=O)(=O)NCC(F)(F)F)cc1)C(Sc1ccccc1)c1ccccc1. The Morgan fingerprint density at radius 3 is 2.00 bits per heavy atom. The first kappa shape index (κ1) is 23.8. The normalized spacial score (nSPS) is 12.8. The number of sulfonamides is 1. The molecule has 168 valence electrons. The van der Waals surface area contributed by atoms with E-state index >= 15 is 0 Å². The molecule has 0 saturated heterocycles. The topological polar surface area (TPSA) is 75.3 Å². The summed E-state index contributed by atoms with van der Waals surface area (Å²) in [5, 5.41) is 2.17. The number of halogens is 3. The number of anilines is 1. The molecule has 1 amide bonds. The van der Waals surface area contributed by atoms with Crippen molar-refractivity contribution in [2.75, 3.05) is 11.9 Å². The average Bonchev–Trinajstić information content (AvgIpc) is 2.77. The van der Waals surface area contributed by atoms with Crippen molar-refractivity contribution in [1.82, 2.24) is 4.72 Å². The van der Waals surface area contributed by atoms with Gasteiger partial charge in [0.25, 0.3) is 0 Å². The van der Waals surface area contributed by atoms with Crippen LogP contribution in [0, 0.1) is 0 Å². The van der Waals surface area contributed by atoms with Crippen molar-refractivity contribution in [3.63, 3.8) is 0 Å². The average molecular weight is 481 g/mol. The zero-order valence-electron chi connectivity index (χ0n) is 16.5. The lowest BCUT2D eigenvalue weighted by molar-refractivity contribution is -0.121. The molecule has 0 aliphatic heterocycles. The Bertz CT molecular complexity index is 1140. The van der Waals surface area contributed by atoms with Crippen LogP contribution >= 0.6 is 11.8 Å². The predicted octanol–water partition coefficient (Wildman–Crippen LogP) is 5.00. The molecule has 1 unspecified atom stereocenters. The van der Waals surface area contributed by atoms with Gasteiger partial charge in [-0.05, 0) is 42.0 Å². The molecule has 0 bridgehead atoms. The Morgan fingerprint density at radius 1 is 0.875 bits per heavy atom. The third-order valence-electron chi connectivity index (χ3n) is 4.23. The Balaban J connectivity index is 1.75. The molecule has 3 aromatic rings. The summed E-state index contributed by atoms with van der Waals surface area (Å²) in [5.74, 6) is -0.323. The highest BCUT2D eigenvalue weighted by Gasteiger charge is 2.30. The highest BCUT2D eigenvalue weighted by Crippen LogP contribution is 2.36. The lowest BCUT2D eigenvalue weighted by Crippen LogP contribution is -2.33. The number of hydrogen-bond acceptors (Lipinski definition) is 4. The van der Waals surface area contributed by atoms with Crippen LogP contribution in [0.4, 0.5) is 18.9 Å². The first-order chi connectivity index (χ1) is 15.1. The van der Waals surface area contributed by atoms with Crippen LogP contribution in [0.15, 0.2) is 94.7 Å². The molecule has 0 aromatic heterocycles. The minimum absolute atomic E-state index is 0.319. The maximum absolute atomic E-state index is 13.0. The van der Waals surface area contributed by atoms with Crippen molar-refractivity contribution in [3.05, 3.63) is 90.5 Å². The summed E-state index contributed by atoms with van der Waals surface area (Å²) in [6, 6.07) is 23.5. The maximum atomic E-state index is 13.0. The van der Waals surface area contributed by atoms with Crippen molar-refractivity contribution >= 4 is 33.4 Å². The van der Waals surface area contributed by atoms with Crippen LogP contribution in [0.2, 0.25) is 0 Å². The van der Waals surface area contributed by atoms with Gasteiger partial charge in [0.1, 0.15) is 11.8 Å². The quantitative estimate of drug-likeness (QED) is 0.445. The Morgan fingerprint density at radius 2 is 1.44 bits per heavy atom. The predicted molar refractivity (Wildman–Crippen MR) is 118 cm³/mol. The van der Waals surface area contributed by atoms with E-state index in [0.29, 0.717) is 5.69 Å². The fourth-order valence-electron chi connectivity index (χ4n) is 2.72. The molecule has 0 fully saturated rings. The molecule has 0 saturated carbocycles. The summed E-state index contributed by atoms with van der Waals surface area (Å²) in [5.41, 5.74) is 1.11. The van der Waals surface area contributed by atoms with Gasteiger partial charge in [-0.15, -0.1) is 11.8 Å². The first-order valence-corrected chi connectivity index (χ1v) is 11.7. The Kier molecular flexibility index (Phi) is 7.60. The monoisotopic (exact) mass is 480 g/mol. The fourth-order valence-corrected chi connectivity index (χ4v) is 4.78. The molecule has 5 nitrogen and oxygen atoms in total. The minimum Gasteiger partial charge on any atom is -0.325 e. The molecular weight excluding hydrogens is 461 g/mol. The molecular formula is C22H19F3N2O3S2. The molecule has 2 N–H and O–H groups in total. The molecule has 0 aliphatic carbocycles. The highest BCUT2D eigenvalue weighted by atomic mass is 32.2. The molecule has 3 rings (SSSR count). The third kappa shape index (κ3) is 6.84. The number of rotatable bonds is 8. The van der Waals surface area contributed by atoms with E-state index in [0.717, 1.165) is 22.6 Å². The fraction of sp³-hybridized carbons (Fsp3) is 0.136. The highest BCUT2D eigenvalue weighted by molar-refractivity contribution is 8.00. The van der Waals surface area contributed by atoms with Crippen LogP contribution in [0.5, 0.6) is 0 Å². The van der Waals surface area contributed by atoms with E-state index in [1.54, 1.807) is 0 Å². The van der Waals surface area contributed by atoms with Gasteiger partial charge in [0, 0.05) is 10.6 Å². The number of nitrogens with one attached hydrogen (secondary N) is 2. The van der Waals surface area contributed by atoms with Gasteiger partial charge < -0.3 is 5.32 Å². The van der Waals surface area contributed by atoms with Gasteiger partial charge in [0.15, 0.2) is 0 Å². The van der Waals surface area contributed by atoms with Crippen LogP contribution < -0.4 is 10.0 Å². The van der Waals surface area contributed by atoms with Crippen LogP contribution in [0.25, 0.3) is 0 Å². The van der Waals surface area contributed by atoms with Gasteiger partial charge in [0.05, 0.1) is 4.90 Å². The van der Waals surface area contributed by atoms with Crippen LogP contribution in [0.1, 0.15) is 10.8 Å². The van der Waals surface area contributed by atoms with Gasteiger partial charge in [-0.1, -0.05) is 48.5 Å². The van der Waals surface area contributed by atoms with Gasteiger partial charge >= 0.3 is 6.18 Å². The third-order valence-corrected chi connectivity index (χ3v) is 6.92. The maximum Gasteiger partial charge on any atom is 0.402 e. The summed E-state index contributed by atoms with van der Waals surface area (Å²) >= 11 is 1.36. The van der Waals surface area contributed by atoms with Gasteiger partial charge in [-0.2, -0.15) is 13.2 Å². The number of carbonyl (C=O) groups excluding carboxylic acids is 1. The summed E-state index contributed by atoms with van der Waals surface area (Å²) < 4.78 is 62.4. The molecule has 32 heavy (non-hydrogen) atoms. The second-order valence-corrected chi connectivity index (χ2v) is 9.62. The van der Waals surface area contributed by atoms with Gasteiger partial charge in [-0.3, -0.25) is 4.79 Å². The van der Waals surface area contributed by atoms with E-state index in [1.165, 1.54) is 28.6 Å². The molecule has 0 spiro atoms. The second-order valence-electron chi connectivity index (χ2n) is 6.67. The van der Waals surface area contributed by atoms with Crippen LogP contribution in [0.3, 0.4) is 0 Å². The summed E-state index contributed by atoms with van der Waals surface area (Å²) in [4.78, 5) is 13.6. The smallest absolute Gasteiger partial charge is 0.325 e. The van der Waals surface area contributed by atoms with E-state index < -0.39 is 28.0 Å². The minimum atomic E-state index is -4.66. The first-order valence-electron chi connectivity index (χ1n) is 9.38. The zero-order valence-corrected chi connectivity index (χ0v) is 18.2. The number of carbonyl (C=O) groups is 1. The summed E-state index contributed by atoms with van der Waals surface area (Å²) in [6.07, 6.45) is -4.66. The van der Waals surface area contributed by atoms with E-state index in [-0.39, 0.29) is 10.8 Å². The van der Waals surface area contributed by atoms with Crippen LogP contribution in [-0.4, -0.2) is 27.0 Å². The van der Waals surface area contributed by atoms with Crippen molar-refractivity contribution in [3.8, 4) is 0 Å². The van der Waals surface area contributed by atoms with Gasteiger partial charge in [-0.25, -0.2) is 13.1 Å². The van der Waals surface area contributed by atoms with Crippen molar-refractivity contribution in [1.29, 1.82) is 0 Å². The zero-order chi connectivity index (χ0) is 23.2. The second kappa shape index (κ2) is 10.2. The molecule has 0 radical (unpaired) electrons. The number of hydrogen-bond donors (Lipinski definition) is 2. The molecule has 0 aliphatic rings. The van der Waals surface area contributed by atoms with Crippen molar-refractivity contribution in [2.45, 2.75) is 21.2 Å². The molecule has 0 heterocycles. The summed E-state index contributed by atoms with van der Waals surface area (Å²) in [6.45, 7) is -1.66. The van der Waals surface area contributed by atoms with Crippen molar-refractivity contribution in [2.24, 2.45) is 0 Å². The van der Waals surface area contributed by atoms with E-state index in [9.17, 15) is 26.4 Å². The summed E-state index contributed by atoms with van der Waals surface area (Å²) in [7, 11) is -4.33.